The van der Waals surface area contributed by atoms with Crippen molar-refractivity contribution in [2.75, 3.05) is 23.7 Å². The Hall–Kier alpha value is -1.28. The molecule has 150 valence electrons. The summed E-state index contributed by atoms with van der Waals surface area (Å²) in [7, 11) is 0. The summed E-state index contributed by atoms with van der Waals surface area (Å²) >= 11 is 13.5. The molecule has 0 radical (unpaired) electrons. The molecule has 0 aromatic carbocycles. The highest BCUT2D eigenvalue weighted by atomic mass is 35.5. The third kappa shape index (κ3) is 3.77. The van der Waals surface area contributed by atoms with Crippen LogP contribution < -0.4 is 10.6 Å². The first-order valence-electron chi connectivity index (χ1n) is 9.41. The van der Waals surface area contributed by atoms with E-state index in [9.17, 15) is 5.11 Å². The number of pyridine rings is 1. The van der Waals surface area contributed by atoms with E-state index >= 15 is 0 Å². The lowest BCUT2D eigenvalue weighted by Gasteiger charge is -2.42. The summed E-state index contributed by atoms with van der Waals surface area (Å²) in [5, 5.41) is 11.3. The number of aromatic nitrogens is 3. The predicted molar refractivity (Wildman–Crippen MR) is 113 cm³/mol. The van der Waals surface area contributed by atoms with Gasteiger partial charge in [-0.25, -0.2) is 15.0 Å². The average Bonchev–Trinajstić information content (AvgIpc) is 2.94. The molecule has 4 rings (SSSR count). The number of rotatable bonds is 3. The number of nitrogens with zero attached hydrogens (tertiary/aromatic N) is 4. The predicted octanol–water partition coefficient (Wildman–Crippen LogP) is 4.29. The fraction of sp³-hybridized carbons (Fsp3) is 0.526. The van der Waals surface area contributed by atoms with Crippen LogP contribution in [0, 0.1) is 11.3 Å². The highest BCUT2D eigenvalue weighted by molar-refractivity contribution is 7.99. The van der Waals surface area contributed by atoms with Crippen molar-refractivity contribution < 1.29 is 5.11 Å². The molecule has 2 atom stereocenters. The van der Waals surface area contributed by atoms with Crippen molar-refractivity contribution in [3.8, 4) is 0 Å². The van der Waals surface area contributed by atoms with Crippen molar-refractivity contribution in [3.63, 3.8) is 0 Å². The molecule has 2 fully saturated rings. The Morgan fingerprint density at radius 2 is 2.04 bits per heavy atom. The van der Waals surface area contributed by atoms with E-state index in [4.69, 9.17) is 28.9 Å². The summed E-state index contributed by atoms with van der Waals surface area (Å²) in [6.07, 6.45) is 7.17. The normalized spacial score (nSPS) is 24.1. The molecule has 1 saturated carbocycles. The van der Waals surface area contributed by atoms with Crippen LogP contribution in [0.25, 0.3) is 0 Å². The molecule has 0 amide bonds. The number of nitrogen functional groups attached to an aromatic ring is 1. The van der Waals surface area contributed by atoms with E-state index in [1.54, 1.807) is 18.5 Å². The Balaban J connectivity index is 1.46. The van der Waals surface area contributed by atoms with Crippen LogP contribution in [0.1, 0.15) is 32.6 Å². The second-order valence-corrected chi connectivity index (χ2v) is 9.55. The minimum absolute atomic E-state index is 0.151. The number of anilines is 2. The second-order valence-electron chi connectivity index (χ2n) is 7.78. The van der Waals surface area contributed by atoms with Crippen LogP contribution >= 0.6 is 35.0 Å². The van der Waals surface area contributed by atoms with Gasteiger partial charge in [-0.3, -0.25) is 0 Å². The summed E-state index contributed by atoms with van der Waals surface area (Å²) in [5.41, 5.74) is 6.44. The first-order chi connectivity index (χ1) is 13.4. The molecule has 9 heteroatoms. The van der Waals surface area contributed by atoms with Gasteiger partial charge in [-0.2, -0.15) is 0 Å². The quantitative estimate of drug-likeness (QED) is 0.689. The summed E-state index contributed by atoms with van der Waals surface area (Å²) in [6, 6.07) is 1.77. The number of hydrogen-bond donors (Lipinski definition) is 2. The lowest BCUT2D eigenvalue weighted by molar-refractivity contribution is 0.132. The van der Waals surface area contributed by atoms with Crippen LogP contribution in [0.3, 0.4) is 0 Å². The Morgan fingerprint density at radius 1 is 1.29 bits per heavy atom. The van der Waals surface area contributed by atoms with Gasteiger partial charge in [0.1, 0.15) is 16.0 Å². The molecule has 1 saturated heterocycles. The van der Waals surface area contributed by atoms with E-state index in [0.29, 0.717) is 21.8 Å². The van der Waals surface area contributed by atoms with Crippen LogP contribution in [0.2, 0.25) is 10.2 Å². The molecule has 2 aliphatic rings. The molecule has 28 heavy (non-hydrogen) atoms. The van der Waals surface area contributed by atoms with Gasteiger partial charge in [0.15, 0.2) is 5.82 Å². The van der Waals surface area contributed by atoms with Gasteiger partial charge >= 0.3 is 0 Å². The molecule has 1 aliphatic carbocycles. The van der Waals surface area contributed by atoms with Crippen molar-refractivity contribution in [1.82, 2.24) is 15.0 Å². The number of aliphatic hydroxyl groups excluding tert-OH is 1. The van der Waals surface area contributed by atoms with Gasteiger partial charge < -0.3 is 15.7 Å². The molecule has 0 bridgehead atoms. The van der Waals surface area contributed by atoms with Crippen molar-refractivity contribution >= 4 is 46.6 Å². The number of halogens is 2. The summed E-state index contributed by atoms with van der Waals surface area (Å²) in [4.78, 5) is 16.0. The Morgan fingerprint density at radius 3 is 2.68 bits per heavy atom. The van der Waals surface area contributed by atoms with Crippen LogP contribution in [0.4, 0.5) is 11.6 Å². The molecule has 6 nitrogen and oxygen atoms in total. The Bertz CT molecular complexity index is 875. The van der Waals surface area contributed by atoms with Gasteiger partial charge in [0, 0.05) is 24.2 Å². The van der Waals surface area contributed by atoms with Crippen LogP contribution in [0.15, 0.2) is 28.4 Å². The molecular formula is C19H23Cl2N5OS. The van der Waals surface area contributed by atoms with Gasteiger partial charge in [0.05, 0.1) is 17.3 Å². The Labute approximate surface area is 178 Å². The molecule has 1 aliphatic heterocycles. The average molecular weight is 440 g/mol. The molecule has 3 heterocycles. The van der Waals surface area contributed by atoms with Crippen molar-refractivity contribution in [2.24, 2.45) is 11.3 Å². The fourth-order valence-corrected chi connectivity index (χ4v) is 5.71. The highest BCUT2D eigenvalue weighted by Gasteiger charge is 2.46. The van der Waals surface area contributed by atoms with Gasteiger partial charge in [-0.05, 0) is 43.1 Å². The maximum atomic E-state index is 10.0. The summed E-state index contributed by atoms with van der Waals surface area (Å²) in [5.74, 6) is 1.73. The standard InChI is InChI=1S/C19H23Cl2N5OS/c1-11-8-12(27)9-19(11)3-6-26(7-4-19)14-10-24-18(17(22)25-14)28-13-2-5-23-16(21)15(13)20/h2,5,10-12,27H,3-4,6-9H2,1H3,(H2,22,25)/t11-,12+/m1/s1. The zero-order valence-electron chi connectivity index (χ0n) is 15.6. The maximum Gasteiger partial charge on any atom is 0.158 e. The number of nitrogens with two attached hydrogens (primary N) is 1. The van der Waals surface area contributed by atoms with Crippen molar-refractivity contribution in [1.29, 1.82) is 0 Å². The second kappa shape index (κ2) is 7.86. The van der Waals surface area contributed by atoms with E-state index < -0.39 is 0 Å². The van der Waals surface area contributed by atoms with Gasteiger partial charge in [0.2, 0.25) is 0 Å². The van der Waals surface area contributed by atoms with E-state index in [-0.39, 0.29) is 16.7 Å². The number of piperidine rings is 1. The van der Waals surface area contributed by atoms with Gasteiger partial charge in [-0.1, -0.05) is 41.9 Å². The largest absolute Gasteiger partial charge is 0.393 e. The van der Waals surface area contributed by atoms with E-state index in [1.807, 2.05) is 0 Å². The molecule has 1 spiro atoms. The topological polar surface area (TPSA) is 88.2 Å². The molecular weight excluding hydrogens is 417 g/mol. The minimum atomic E-state index is -0.151. The zero-order chi connectivity index (χ0) is 19.9. The third-order valence-corrected chi connectivity index (χ3v) is 8.11. The van der Waals surface area contributed by atoms with Crippen molar-refractivity contribution in [2.45, 2.75) is 48.6 Å². The number of hydrogen-bond acceptors (Lipinski definition) is 7. The van der Waals surface area contributed by atoms with Gasteiger partial charge in [0.25, 0.3) is 0 Å². The molecule has 3 N–H and O–H groups in total. The maximum absolute atomic E-state index is 10.0. The number of aliphatic hydroxyl groups is 1. The minimum Gasteiger partial charge on any atom is -0.393 e. The first kappa shape index (κ1) is 20.0. The lowest BCUT2D eigenvalue weighted by atomic mass is 9.71. The van der Waals surface area contributed by atoms with Crippen LogP contribution in [-0.2, 0) is 0 Å². The summed E-state index contributed by atoms with van der Waals surface area (Å²) < 4.78 is 0. The molecule has 2 aromatic rings. The van der Waals surface area contributed by atoms with Gasteiger partial charge in [-0.15, -0.1) is 0 Å². The van der Waals surface area contributed by atoms with E-state index in [1.165, 1.54) is 11.8 Å². The third-order valence-electron chi connectivity index (χ3n) is 6.17. The molecule has 0 unspecified atom stereocenters. The van der Waals surface area contributed by atoms with E-state index in [0.717, 1.165) is 49.5 Å². The fourth-order valence-electron chi connectivity index (χ4n) is 4.49. The lowest BCUT2D eigenvalue weighted by Crippen LogP contribution is -2.42. The molecule has 2 aromatic heterocycles. The SMILES string of the molecule is C[C@@H]1C[C@H](O)CC12CCN(c1cnc(Sc3ccnc(Cl)c3Cl)c(N)n1)CC2. The zero-order valence-corrected chi connectivity index (χ0v) is 17.9. The van der Waals surface area contributed by atoms with Crippen LogP contribution in [-0.4, -0.2) is 39.3 Å². The monoisotopic (exact) mass is 439 g/mol. The van der Waals surface area contributed by atoms with E-state index in [2.05, 4.69) is 26.8 Å². The van der Waals surface area contributed by atoms with Crippen molar-refractivity contribution in [3.05, 3.63) is 28.6 Å². The first-order valence-corrected chi connectivity index (χ1v) is 11.0. The summed E-state index contributed by atoms with van der Waals surface area (Å²) in [6.45, 7) is 4.08. The van der Waals surface area contributed by atoms with Crippen LogP contribution in [0.5, 0.6) is 0 Å². The smallest absolute Gasteiger partial charge is 0.158 e. The highest BCUT2D eigenvalue weighted by Crippen LogP contribution is 2.50. The Kier molecular flexibility index (Phi) is 5.62.